The first-order valence-corrected chi connectivity index (χ1v) is 6.47. The van der Waals surface area contributed by atoms with Crippen LogP contribution in [0.3, 0.4) is 0 Å². The zero-order valence-corrected chi connectivity index (χ0v) is 11.0. The van der Waals surface area contributed by atoms with E-state index in [9.17, 15) is 0 Å². The van der Waals surface area contributed by atoms with E-state index in [2.05, 4.69) is 39.0 Å². The number of hydrogen-bond donors (Lipinski definition) is 2. The van der Waals surface area contributed by atoms with Crippen LogP contribution in [0.1, 0.15) is 30.9 Å². The minimum atomic E-state index is 0.282. The van der Waals surface area contributed by atoms with Crippen molar-refractivity contribution in [3.63, 3.8) is 0 Å². The lowest BCUT2D eigenvalue weighted by Gasteiger charge is -2.15. The van der Waals surface area contributed by atoms with Crippen LogP contribution in [0.25, 0.3) is 0 Å². The van der Waals surface area contributed by atoms with Crippen LogP contribution in [0.4, 0.5) is 0 Å². The topological polar surface area (TPSA) is 49.9 Å². The number of nitrogens with two attached hydrogens (primary N) is 1. The summed E-state index contributed by atoms with van der Waals surface area (Å²) in [4.78, 5) is 1.31. The minimum absolute atomic E-state index is 0.282. The van der Waals surface area contributed by atoms with Gasteiger partial charge in [-0.3, -0.25) is 5.41 Å². The Balaban J connectivity index is 2.77. The van der Waals surface area contributed by atoms with Gasteiger partial charge in [0.2, 0.25) is 0 Å². The van der Waals surface area contributed by atoms with Gasteiger partial charge in [0.05, 0.1) is 5.84 Å². The molecule has 0 aliphatic carbocycles. The zero-order valence-electron chi connectivity index (χ0n) is 10.2. The van der Waals surface area contributed by atoms with E-state index in [1.165, 1.54) is 16.0 Å². The number of hydrogen-bond acceptors (Lipinski definition) is 2. The number of benzene rings is 1. The van der Waals surface area contributed by atoms with Gasteiger partial charge in [0, 0.05) is 16.6 Å². The van der Waals surface area contributed by atoms with Crippen molar-refractivity contribution >= 4 is 17.6 Å². The summed E-state index contributed by atoms with van der Waals surface area (Å²) in [5.74, 6) is 0.282. The molecule has 0 aliphatic heterocycles. The second kappa shape index (κ2) is 5.94. The molecule has 0 aromatic heterocycles. The molecule has 2 nitrogen and oxygen atoms in total. The second-order valence-corrected chi connectivity index (χ2v) is 5.49. The maximum Gasteiger partial charge on any atom is 0.0916 e. The molecule has 1 atom stereocenters. The summed E-state index contributed by atoms with van der Waals surface area (Å²) in [6.45, 7) is 6.38. The third-order valence-corrected chi connectivity index (χ3v) is 4.07. The Hall–Kier alpha value is -0.960. The highest BCUT2D eigenvalue weighted by Crippen LogP contribution is 2.30. The number of nitrogens with one attached hydrogen (secondary N) is 1. The van der Waals surface area contributed by atoms with Crippen LogP contribution in [0.15, 0.2) is 23.1 Å². The molecule has 88 valence electrons. The summed E-state index contributed by atoms with van der Waals surface area (Å²) in [6, 6.07) is 6.49. The first kappa shape index (κ1) is 13.1. The van der Waals surface area contributed by atoms with Gasteiger partial charge in [-0.1, -0.05) is 24.6 Å². The molecule has 0 bridgehead atoms. The van der Waals surface area contributed by atoms with Crippen molar-refractivity contribution in [1.29, 1.82) is 5.41 Å². The maximum absolute atomic E-state index is 7.35. The van der Waals surface area contributed by atoms with Gasteiger partial charge in [-0.15, -0.1) is 11.8 Å². The van der Waals surface area contributed by atoms with Crippen molar-refractivity contribution in [2.45, 2.75) is 43.8 Å². The van der Waals surface area contributed by atoms with E-state index in [-0.39, 0.29) is 5.84 Å². The van der Waals surface area contributed by atoms with Gasteiger partial charge in [-0.25, -0.2) is 0 Å². The Bertz CT molecular complexity index is 374. The summed E-state index contributed by atoms with van der Waals surface area (Å²) >= 11 is 1.84. The SMILES string of the molecule is CCC(CC(=N)N)Sc1cc(C)ccc1C. The Morgan fingerprint density at radius 3 is 2.69 bits per heavy atom. The van der Waals surface area contributed by atoms with Crippen LogP contribution in [0.2, 0.25) is 0 Å². The van der Waals surface area contributed by atoms with E-state index in [1.807, 2.05) is 11.8 Å². The summed E-state index contributed by atoms with van der Waals surface area (Å²) in [6.07, 6.45) is 1.71. The molecular weight excluding hydrogens is 216 g/mol. The van der Waals surface area contributed by atoms with E-state index in [0.29, 0.717) is 11.7 Å². The molecular formula is C13H20N2S. The Labute approximate surface area is 102 Å². The van der Waals surface area contributed by atoms with Crippen LogP contribution >= 0.6 is 11.8 Å². The van der Waals surface area contributed by atoms with Gasteiger partial charge < -0.3 is 5.73 Å². The molecule has 0 saturated heterocycles. The average Bonchev–Trinajstić information content (AvgIpc) is 2.21. The molecule has 1 aromatic carbocycles. The van der Waals surface area contributed by atoms with Crippen LogP contribution in [-0.4, -0.2) is 11.1 Å². The normalized spacial score (nSPS) is 12.4. The lowest BCUT2D eigenvalue weighted by atomic mass is 10.2. The van der Waals surface area contributed by atoms with E-state index in [0.717, 1.165) is 6.42 Å². The number of amidine groups is 1. The van der Waals surface area contributed by atoms with E-state index in [4.69, 9.17) is 11.1 Å². The molecule has 16 heavy (non-hydrogen) atoms. The fourth-order valence-corrected chi connectivity index (χ4v) is 2.82. The fraction of sp³-hybridized carbons (Fsp3) is 0.462. The third kappa shape index (κ3) is 3.89. The molecule has 0 aliphatic rings. The molecule has 3 N–H and O–H groups in total. The van der Waals surface area contributed by atoms with Gasteiger partial charge in [-0.05, 0) is 31.9 Å². The van der Waals surface area contributed by atoms with Crippen molar-refractivity contribution in [2.75, 3.05) is 0 Å². The number of thioether (sulfide) groups is 1. The van der Waals surface area contributed by atoms with Crippen molar-refractivity contribution in [3.8, 4) is 0 Å². The molecule has 0 fully saturated rings. The predicted octanol–water partition coefficient (Wildman–Crippen LogP) is 3.50. The van der Waals surface area contributed by atoms with Crippen molar-refractivity contribution in [2.24, 2.45) is 5.73 Å². The summed E-state index contributed by atoms with van der Waals surface area (Å²) in [7, 11) is 0. The van der Waals surface area contributed by atoms with Gasteiger partial charge in [0.25, 0.3) is 0 Å². The molecule has 1 aromatic rings. The maximum atomic E-state index is 7.35. The lowest BCUT2D eigenvalue weighted by molar-refractivity contribution is 0.848. The summed E-state index contributed by atoms with van der Waals surface area (Å²) in [5, 5.41) is 7.77. The first-order valence-electron chi connectivity index (χ1n) is 5.59. The molecule has 0 radical (unpaired) electrons. The van der Waals surface area contributed by atoms with E-state index < -0.39 is 0 Å². The average molecular weight is 236 g/mol. The van der Waals surface area contributed by atoms with Gasteiger partial charge >= 0.3 is 0 Å². The van der Waals surface area contributed by atoms with Gasteiger partial charge in [0.15, 0.2) is 0 Å². The van der Waals surface area contributed by atoms with Crippen LogP contribution in [-0.2, 0) is 0 Å². The molecule has 0 amide bonds. The highest BCUT2D eigenvalue weighted by atomic mass is 32.2. The largest absolute Gasteiger partial charge is 0.388 e. The molecule has 1 unspecified atom stereocenters. The second-order valence-electron chi connectivity index (χ2n) is 4.15. The van der Waals surface area contributed by atoms with Crippen molar-refractivity contribution in [3.05, 3.63) is 29.3 Å². The highest BCUT2D eigenvalue weighted by molar-refractivity contribution is 8.00. The fourth-order valence-electron chi connectivity index (χ4n) is 1.53. The molecule has 0 spiro atoms. The molecule has 1 rings (SSSR count). The van der Waals surface area contributed by atoms with Crippen LogP contribution < -0.4 is 5.73 Å². The first-order chi connectivity index (χ1) is 7.52. The van der Waals surface area contributed by atoms with Crippen molar-refractivity contribution in [1.82, 2.24) is 0 Å². The summed E-state index contributed by atoms with van der Waals surface area (Å²) < 4.78 is 0. The van der Waals surface area contributed by atoms with Gasteiger partial charge in [0.1, 0.15) is 0 Å². The molecule has 0 heterocycles. The minimum Gasteiger partial charge on any atom is -0.388 e. The Kier molecular flexibility index (Phi) is 4.87. The molecule has 0 saturated carbocycles. The third-order valence-electron chi connectivity index (χ3n) is 2.54. The zero-order chi connectivity index (χ0) is 12.1. The summed E-state index contributed by atoms with van der Waals surface area (Å²) in [5.41, 5.74) is 8.05. The van der Waals surface area contributed by atoms with E-state index in [1.54, 1.807) is 0 Å². The van der Waals surface area contributed by atoms with E-state index >= 15 is 0 Å². The van der Waals surface area contributed by atoms with Crippen LogP contribution in [0.5, 0.6) is 0 Å². The lowest BCUT2D eigenvalue weighted by Crippen LogP contribution is -2.16. The Morgan fingerprint density at radius 1 is 1.44 bits per heavy atom. The predicted molar refractivity (Wildman–Crippen MR) is 72.4 cm³/mol. The monoisotopic (exact) mass is 236 g/mol. The molecule has 3 heteroatoms. The van der Waals surface area contributed by atoms with Crippen molar-refractivity contribution < 1.29 is 0 Å². The smallest absolute Gasteiger partial charge is 0.0916 e. The standard InChI is InChI=1S/C13H20N2S/c1-4-11(8-13(14)15)16-12-7-9(2)5-6-10(12)3/h5-7,11H,4,8H2,1-3H3,(H3,14,15). The van der Waals surface area contributed by atoms with Crippen LogP contribution in [0, 0.1) is 19.3 Å². The quantitative estimate of drug-likeness (QED) is 0.467. The Morgan fingerprint density at radius 2 is 2.12 bits per heavy atom. The highest BCUT2D eigenvalue weighted by Gasteiger charge is 2.11. The number of rotatable bonds is 5. The number of aryl methyl sites for hydroxylation is 2. The van der Waals surface area contributed by atoms with Gasteiger partial charge in [-0.2, -0.15) is 0 Å².